The fraction of sp³-hybridized carbons (Fsp3) is 0. The van der Waals surface area contributed by atoms with E-state index < -0.39 is 0 Å². The average Bonchev–Trinajstić information content (AvgIpc) is 3.49. The van der Waals surface area contributed by atoms with Crippen LogP contribution >= 0.6 is 0 Å². The van der Waals surface area contributed by atoms with Crippen LogP contribution in [0.2, 0.25) is 0 Å². The molecule has 0 atom stereocenters. The maximum atomic E-state index is 5.01. The molecule has 7 rings (SSSR count). The molecule has 6 nitrogen and oxygen atoms in total. The Balaban J connectivity index is 1.50. The molecule has 0 amide bonds. The second-order valence-electron chi connectivity index (χ2n) is 8.16. The van der Waals surface area contributed by atoms with Gasteiger partial charge < -0.3 is 4.57 Å². The Morgan fingerprint density at radius 3 is 2.24 bits per heavy atom. The highest BCUT2D eigenvalue weighted by atomic mass is 15.3. The first-order chi connectivity index (χ1) is 16.9. The fourth-order valence-corrected chi connectivity index (χ4v) is 4.60. The molecule has 0 aliphatic heterocycles. The highest BCUT2D eigenvalue weighted by molar-refractivity contribution is 6.17. The van der Waals surface area contributed by atoms with Crippen LogP contribution < -0.4 is 0 Å². The first-order valence-corrected chi connectivity index (χ1v) is 11.1. The molecule has 160 valence electrons. The van der Waals surface area contributed by atoms with Crippen LogP contribution in [0.1, 0.15) is 0 Å². The van der Waals surface area contributed by atoms with Crippen LogP contribution in [0.3, 0.4) is 0 Å². The molecule has 0 bridgehead atoms. The second-order valence-corrected chi connectivity index (χ2v) is 8.16. The van der Waals surface area contributed by atoms with Gasteiger partial charge in [0.15, 0.2) is 5.82 Å². The Morgan fingerprint density at radius 1 is 0.647 bits per heavy atom. The van der Waals surface area contributed by atoms with E-state index in [-0.39, 0.29) is 0 Å². The highest BCUT2D eigenvalue weighted by Gasteiger charge is 2.17. The zero-order chi connectivity index (χ0) is 22.5. The summed E-state index contributed by atoms with van der Waals surface area (Å²) in [6.45, 7) is 0. The summed E-state index contributed by atoms with van der Waals surface area (Å²) in [5, 5.41) is 8.41. The molecule has 0 aliphatic rings. The van der Waals surface area contributed by atoms with Crippen molar-refractivity contribution < 1.29 is 0 Å². The number of fused-ring (bicyclic) bond motifs is 5. The van der Waals surface area contributed by atoms with Gasteiger partial charge in [0.2, 0.25) is 0 Å². The Labute approximate surface area is 194 Å². The van der Waals surface area contributed by atoms with E-state index in [0.717, 1.165) is 44.3 Å². The van der Waals surface area contributed by atoms with E-state index in [1.165, 1.54) is 5.39 Å². The lowest BCUT2D eigenvalue weighted by atomic mass is 10.1. The molecule has 34 heavy (non-hydrogen) atoms. The largest absolute Gasteiger partial charge is 0.304 e. The van der Waals surface area contributed by atoms with Crippen LogP contribution in [0.25, 0.3) is 55.5 Å². The number of hydrogen-bond acceptors (Lipinski definition) is 4. The monoisotopic (exact) mass is 438 g/mol. The lowest BCUT2D eigenvalue weighted by Crippen LogP contribution is -1.99. The van der Waals surface area contributed by atoms with Crippen molar-refractivity contribution in [3.8, 4) is 22.8 Å². The zero-order valence-corrected chi connectivity index (χ0v) is 18.1. The maximum Gasteiger partial charge on any atom is 0.159 e. The van der Waals surface area contributed by atoms with Crippen molar-refractivity contribution in [2.45, 2.75) is 0 Å². The SMILES string of the molecule is c1ccc(-n2cc3ccc4c5ccccc5n(-c5cnc(-c6ccncc6)nc5)c4c3n2)cc1. The van der Waals surface area contributed by atoms with Gasteiger partial charge in [0.1, 0.15) is 5.52 Å². The van der Waals surface area contributed by atoms with Crippen LogP contribution in [0.15, 0.2) is 110 Å². The highest BCUT2D eigenvalue weighted by Crippen LogP contribution is 2.36. The van der Waals surface area contributed by atoms with E-state index >= 15 is 0 Å². The van der Waals surface area contributed by atoms with Crippen molar-refractivity contribution in [1.29, 1.82) is 0 Å². The van der Waals surface area contributed by atoms with Crippen molar-refractivity contribution in [3.63, 3.8) is 0 Å². The van der Waals surface area contributed by atoms with Crippen LogP contribution in [0.4, 0.5) is 0 Å². The second kappa shape index (κ2) is 7.35. The van der Waals surface area contributed by atoms with Gasteiger partial charge in [0.25, 0.3) is 0 Å². The molecule has 0 spiro atoms. The van der Waals surface area contributed by atoms with Gasteiger partial charge in [0, 0.05) is 40.3 Å². The predicted octanol–water partition coefficient (Wildman–Crippen LogP) is 5.97. The first kappa shape index (κ1) is 18.7. The summed E-state index contributed by atoms with van der Waals surface area (Å²) in [5.41, 5.74) is 5.95. The molecule has 0 N–H and O–H groups in total. The van der Waals surface area contributed by atoms with Gasteiger partial charge in [-0.3, -0.25) is 4.98 Å². The Hall–Kier alpha value is -4.84. The Kier molecular flexibility index (Phi) is 4.04. The molecule has 0 unspecified atom stereocenters. The molecule has 0 saturated carbocycles. The molecule has 4 heterocycles. The quantitative estimate of drug-likeness (QED) is 0.341. The third-order valence-electron chi connectivity index (χ3n) is 6.17. The number of nitrogens with zero attached hydrogens (tertiary/aromatic N) is 6. The van der Waals surface area contributed by atoms with E-state index in [1.807, 2.05) is 47.4 Å². The topological polar surface area (TPSA) is 61.4 Å². The van der Waals surface area contributed by atoms with Gasteiger partial charge in [-0.05, 0) is 30.3 Å². The minimum atomic E-state index is 0.672. The first-order valence-electron chi connectivity index (χ1n) is 11.1. The summed E-state index contributed by atoms with van der Waals surface area (Å²) in [4.78, 5) is 13.4. The van der Waals surface area contributed by atoms with E-state index in [2.05, 4.69) is 74.2 Å². The van der Waals surface area contributed by atoms with Crippen LogP contribution in [0, 0.1) is 0 Å². The standard InChI is InChI=1S/C28H18N6/c1-2-6-21(7-3-1)33-18-20-10-11-24-23-8-4-5-9-25(23)34(27(24)26(20)32-33)22-16-30-28(31-17-22)19-12-14-29-15-13-19/h1-18H. The van der Waals surface area contributed by atoms with Gasteiger partial charge in [0.05, 0.1) is 34.8 Å². The summed E-state index contributed by atoms with van der Waals surface area (Å²) >= 11 is 0. The van der Waals surface area contributed by atoms with Crippen molar-refractivity contribution in [3.05, 3.63) is 110 Å². The molecule has 0 aliphatic carbocycles. The van der Waals surface area contributed by atoms with Crippen molar-refractivity contribution in [1.82, 2.24) is 29.3 Å². The minimum absolute atomic E-state index is 0.672. The number of pyridine rings is 1. The summed E-state index contributed by atoms with van der Waals surface area (Å²) in [6, 6.07) is 26.7. The molecule has 6 heteroatoms. The minimum Gasteiger partial charge on any atom is -0.304 e. The van der Waals surface area contributed by atoms with Crippen molar-refractivity contribution >= 4 is 32.7 Å². The lowest BCUT2D eigenvalue weighted by Gasteiger charge is -2.08. The number of rotatable bonds is 3. The zero-order valence-electron chi connectivity index (χ0n) is 18.1. The normalized spacial score (nSPS) is 11.5. The molecule has 0 saturated heterocycles. The van der Waals surface area contributed by atoms with E-state index in [0.29, 0.717) is 5.82 Å². The van der Waals surface area contributed by atoms with E-state index in [9.17, 15) is 0 Å². The number of aromatic nitrogens is 6. The number of para-hydroxylation sites is 2. The summed E-state index contributed by atoms with van der Waals surface area (Å²) < 4.78 is 4.15. The molecular weight excluding hydrogens is 420 g/mol. The smallest absolute Gasteiger partial charge is 0.159 e. The molecule has 3 aromatic carbocycles. The van der Waals surface area contributed by atoms with Gasteiger partial charge in [-0.25, -0.2) is 14.6 Å². The number of benzene rings is 3. The third kappa shape index (κ3) is 2.82. The Morgan fingerprint density at radius 2 is 1.41 bits per heavy atom. The van der Waals surface area contributed by atoms with Gasteiger partial charge in [-0.15, -0.1) is 0 Å². The predicted molar refractivity (Wildman–Crippen MR) is 134 cm³/mol. The summed E-state index contributed by atoms with van der Waals surface area (Å²) in [6.07, 6.45) is 9.33. The summed E-state index contributed by atoms with van der Waals surface area (Å²) in [5.74, 6) is 0.672. The molecule has 0 radical (unpaired) electrons. The molecule has 0 fully saturated rings. The average molecular weight is 438 g/mol. The fourth-order valence-electron chi connectivity index (χ4n) is 4.60. The molecular formula is C28H18N6. The summed E-state index contributed by atoms with van der Waals surface area (Å²) in [7, 11) is 0. The Bertz CT molecular complexity index is 1780. The van der Waals surface area contributed by atoms with Gasteiger partial charge in [-0.2, -0.15) is 5.10 Å². The van der Waals surface area contributed by atoms with Crippen molar-refractivity contribution in [2.24, 2.45) is 0 Å². The van der Waals surface area contributed by atoms with Crippen LogP contribution in [-0.4, -0.2) is 29.3 Å². The maximum absolute atomic E-state index is 5.01. The van der Waals surface area contributed by atoms with Crippen molar-refractivity contribution in [2.75, 3.05) is 0 Å². The third-order valence-corrected chi connectivity index (χ3v) is 6.17. The van der Waals surface area contributed by atoms with E-state index in [4.69, 9.17) is 5.10 Å². The van der Waals surface area contributed by atoms with Crippen LogP contribution in [0.5, 0.6) is 0 Å². The number of hydrogen-bond donors (Lipinski definition) is 0. The van der Waals surface area contributed by atoms with Crippen LogP contribution in [-0.2, 0) is 0 Å². The van der Waals surface area contributed by atoms with Gasteiger partial charge >= 0.3 is 0 Å². The van der Waals surface area contributed by atoms with Gasteiger partial charge in [-0.1, -0.05) is 48.5 Å². The molecule has 7 aromatic rings. The van der Waals surface area contributed by atoms with E-state index in [1.54, 1.807) is 12.4 Å². The molecule has 4 aromatic heterocycles. The lowest BCUT2D eigenvalue weighted by molar-refractivity contribution is 0.896.